The zero-order valence-electron chi connectivity index (χ0n) is 14.9. The Morgan fingerprint density at radius 2 is 1.59 bits per heavy atom. The minimum atomic E-state index is -0.342. The van der Waals surface area contributed by atoms with Gasteiger partial charge in [-0.05, 0) is 29.2 Å². The topological polar surface area (TPSA) is 44.9 Å². The van der Waals surface area contributed by atoms with Gasteiger partial charge in [0.2, 0.25) is 0 Å². The lowest BCUT2D eigenvalue weighted by Crippen LogP contribution is -2.35. The number of rotatable bonds is 3. The van der Waals surface area contributed by atoms with Gasteiger partial charge in [-0.1, -0.05) is 72.8 Å². The van der Waals surface area contributed by atoms with E-state index in [0.29, 0.717) is 0 Å². The Labute approximate surface area is 158 Å². The minimum Gasteiger partial charge on any atom is -0.356 e. The highest BCUT2D eigenvalue weighted by molar-refractivity contribution is 6.06. The number of aromatic amines is 1. The lowest BCUT2D eigenvalue weighted by molar-refractivity contribution is 0.0938. The van der Waals surface area contributed by atoms with Crippen LogP contribution < -0.4 is 5.32 Å². The predicted molar refractivity (Wildman–Crippen MR) is 109 cm³/mol. The van der Waals surface area contributed by atoms with Gasteiger partial charge < -0.3 is 10.3 Å². The Balaban J connectivity index is 1.61. The van der Waals surface area contributed by atoms with Crippen LogP contribution in [0.15, 0.2) is 78.9 Å². The molecule has 1 aromatic heterocycles. The number of H-pyrrole nitrogens is 1. The highest BCUT2D eigenvalue weighted by Gasteiger charge is 2.30. The summed E-state index contributed by atoms with van der Waals surface area (Å²) in [5.74, 6) is 0.113. The molecule has 2 heterocycles. The second-order valence-corrected chi connectivity index (χ2v) is 6.98. The maximum Gasteiger partial charge on any atom is 0.186 e. The van der Waals surface area contributed by atoms with Crippen molar-refractivity contribution in [1.29, 1.82) is 0 Å². The van der Waals surface area contributed by atoms with Crippen molar-refractivity contribution in [3.05, 3.63) is 95.7 Å². The number of aromatic nitrogens is 1. The zero-order valence-corrected chi connectivity index (χ0v) is 14.9. The summed E-state index contributed by atoms with van der Waals surface area (Å²) in [7, 11) is 0. The fourth-order valence-corrected chi connectivity index (χ4v) is 4.13. The molecule has 0 radical (unpaired) electrons. The van der Waals surface area contributed by atoms with Gasteiger partial charge in [0.15, 0.2) is 5.78 Å². The fraction of sp³-hybridized carbons (Fsp3) is 0.125. The Morgan fingerprint density at radius 3 is 2.48 bits per heavy atom. The number of para-hydroxylation sites is 1. The van der Waals surface area contributed by atoms with Crippen LogP contribution in [-0.4, -0.2) is 17.3 Å². The molecule has 0 spiro atoms. The molecule has 0 bridgehead atoms. The summed E-state index contributed by atoms with van der Waals surface area (Å²) in [6, 6.07) is 25.9. The van der Waals surface area contributed by atoms with Gasteiger partial charge in [-0.25, -0.2) is 0 Å². The molecule has 1 atom stereocenters. The minimum absolute atomic E-state index is 0.113. The quantitative estimate of drug-likeness (QED) is 0.515. The molecule has 1 aliphatic heterocycles. The van der Waals surface area contributed by atoms with Gasteiger partial charge in [-0.2, -0.15) is 0 Å². The Morgan fingerprint density at radius 1 is 0.852 bits per heavy atom. The van der Waals surface area contributed by atoms with E-state index in [1.165, 1.54) is 10.9 Å². The molecule has 0 aliphatic carbocycles. The Bertz CT molecular complexity index is 1130. The smallest absolute Gasteiger partial charge is 0.186 e. The third-order valence-corrected chi connectivity index (χ3v) is 5.40. The van der Waals surface area contributed by atoms with Gasteiger partial charge in [-0.15, -0.1) is 0 Å². The van der Waals surface area contributed by atoms with E-state index in [1.54, 1.807) is 0 Å². The summed E-state index contributed by atoms with van der Waals surface area (Å²) in [5.41, 5.74) is 6.17. The number of hydrogen-bond donors (Lipinski definition) is 2. The van der Waals surface area contributed by atoms with Crippen LogP contribution in [0.4, 0.5) is 0 Å². The summed E-state index contributed by atoms with van der Waals surface area (Å²) in [5, 5.41) is 4.66. The first-order valence-corrected chi connectivity index (χ1v) is 9.34. The van der Waals surface area contributed by atoms with Gasteiger partial charge in [0, 0.05) is 28.7 Å². The number of hydrogen-bond acceptors (Lipinski definition) is 2. The standard InChI is InChI=1S/C24H20N2O/c27-24(20-12-5-4-10-17(20)16-8-2-1-3-9-16)23-22-19(14-15-25-23)18-11-6-7-13-21(18)26-22/h1-13,23,25-26H,14-15H2. The van der Waals surface area contributed by atoms with E-state index in [4.69, 9.17) is 0 Å². The van der Waals surface area contributed by atoms with E-state index in [2.05, 4.69) is 40.6 Å². The highest BCUT2D eigenvalue weighted by atomic mass is 16.1. The molecule has 1 unspecified atom stereocenters. The van der Waals surface area contributed by atoms with Crippen molar-refractivity contribution in [3.63, 3.8) is 0 Å². The summed E-state index contributed by atoms with van der Waals surface area (Å²) in [6.45, 7) is 0.804. The molecule has 0 amide bonds. The van der Waals surface area contributed by atoms with Crippen LogP contribution in [0.1, 0.15) is 27.7 Å². The molecule has 132 valence electrons. The largest absolute Gasteiger partial charge is 0.356 e. The van der Waals surface area contributed by atoms with Gasteiger partial charge >= 0.3 is 0 Å². The summed E-state index contributed by atoms with van der Waals surface area (Å²) < 4.78 is 0. The molecular formula is C24H20N2O. The average molecular weight is 352 g/mol. The summed E-state index contributed by atoms with van der Waals surface area (Å²) in [4.78, 5) is 17.0. The van der Waals surface area contributed by atoms with Crippen molar-refractivity contribution in [2.75, 3.05) is 6.54 Å². The van der Waals surface area contributed by atoms with E-state index in [1.807, 2.05) is 48.5 Å². The number of nitrogens with one attached hydrogen (secondary N) is 2. The van der Waals surface area contributed by atoms with Crippen LogP contribution >= 0.6 is 0 Å². The fourth-order valence-electron chi connectivity index (χ4n) is 4.13. The molecule has 5 rings (SSSR count). The molecule has 4 aromatic rings. The molecule has 1 aliphatic rings. The van der Waals surface area contributed by atoms with Crippen LogP contribution in [0.3, 0.4) is 0 Å². The maximum atomic E-state index is 13.6. The van der Waals surface area contributed by atoms with Crippen molar-refractivity contribution >= 4 is 16.7 Å². The monoisotopic (exact) mass is 352 g/mol. The summed E-state index contributed by atoms with van der Waals surface area (Å²) >= 11 is 0. The van der Waals surface area contributed by atoms with E-state index >= 15 is 0 Å². The van der Waals surface area contributed by atoms with Gasteiger partial charge in [0.05, 0.1) is 0 Å². The molecule has 0 saturated heterocycles. The van der Waals surface area contributed by atoms with Crippen LogP contribution in [0.5, 0.6) is 0 Å². The van der Waals surface area contributed by atoms with Gasteiger partial charge in [0.25, 0.3) is 0 Å². The normalized spacial score (nSPS) is 16.2. The van der Waals surface area contributed by atoms with E-state index < -0.39 is 0 Å². The second kappa shape index (κ2) is 6.53. The van der Waals surface area contributed by atoms with E-state index in [-0.39, 0.29) is 11.8 Å². The molecular weight excluding hydrogens is 332 g/mol. The molecule has 2 N–H and O–H groups in total. The van der Waals surface area contributed by atoms with Crippen molar-refractivity contribution < 1.29 is 4.79 Å². The number of carbonyl (C=O) groups excluding carboxylic acids is 1. The highest BCUT2D eigenvalue weighted by Crippen LogP contribution is 2.33. The van der Waals surface area contributed by atoms with E-state index in [0.717, 1.165) is 40.9 Å². The number of Topliss-reactive ketones (excluding diaryl/α,β-unsaturated/α-hetero) is 1. The average Bonchev–Trinajstić information content (AvgIpc) is 3.13. The van der Waals surface area contributed by atoms with Crippen molar-refractivity contribution in [3.8, 4) is 11.1 Å². The number of ketones is 1. The number of benzene rings is 3. The third-order valence-electron chi connectivity index (χ3n) is 5.40. The van der Waals surface area contributed by atoms with Gasteiger partial charge in [0.1, 0.15) is 6.04 Å². The first-order chi connectivity index (χ1) is 13.3. The SMILES string of the molecule is O=C(c1ccccc1-c1ccccc1)C1NCCc2c1[nH]c1ccccc21. The first-order valence-electron chi connectivity index (χ1n) is 9.34. The maximum absolute atomic E-state index is 13.6. The second-order valence-electron chi connectivity index (χ2n) is 6.98. The van der Waals surface area contributed by atoms with E-state index in [9.17, 15) is 4.79 Å². The van der Waals surface area contributed by atoms with Crippen LogP contribution in [0.25, 0.3) is 22.0 Å². The van der Waals surface area contributed by atoms with Crippen molar-refractivity contribution in [2.45, 2.75) is 12.5 Å². The lowest BCUT2D eigenvalue weighted by Gasteiger charge is -2.24. The van der Waals surface area contributed by atoms with Crippen LogP contribution in [0, 0.1) is 0 Å². The van der Waals surface area contributed by atoms with Crippen LogP contribution in [0.2, 0.25) is 0 Å². The Kier molecular flexibility index (Phi) is 3.88. The lowest BCUT2D eigenvalue weighted by atomic mass is 9.90. The zero-order chi connectivity index (χ0) is 18.2. The molecule has 27 heavy (non-hydrogen) atoms. The first kappa shape index (κ1) is 16.0. The molecule has 3 aromatic carbocycles. The van der Waals surface area contributed by atoms with Crippen LogP contribution in [-0.2, 0) is 6.42 Å². The Hall–Kier alpha value is -3.17. The number of fused-ring (bicyclic) bond motifs is 3. The molecule has 0 saturated carbocycles. The molecule has 3 heteroatoms. The molecule has 0 fully saturated rings. The van der Waals surface area contributed by atoms with Crippen molar-refractivity contribution in [2.24, 2.45) is 0 Å². The third kappa shape index (κ3) is 2.68. The summed E-state index contributed by atoms with van der Waals surface area (Å²) in [6.07, 6.45) is 0.934. The molecule has 3 nitrogen and oxygen atoms in total. The predicted octanol–water partition coefficient (Wildman–Crippen LogP) is 4.90. The van der Waals surface area contributed by atoms with Crippen molar-refractivity contribution in [1.82, 2.24) is 10.3 Å². The number of carbonyl (C=O) groups is 1. The van der Waals surface area contributed by atoms with Gasteiger partial charge in [-0.3, -0.25) is 4.79 Å².